The Morgan fingerprint density at radius 3 is 2.68 bits per heavy atom. The predicted octanol–water partition coefficient (Wildman–Crippen LogP) is 2.79. The molecule has 0 aromatic heterocycles. The Hall–Kier alpha value is -2.62. The minimum atomic E-state index is -0.745. The molecule has 4 nitrogen and oxygen atoms in total. The van der Waals surface area contributed by atoms with Crippen LogP contribution in [0.15, 0.2) is 48.5 Å². The molecule has 0 bridgehead atoms. The molecule has 0 aliphatic heterocycles. The number of Topliss-reactive ketones (excluding diaryl/α,β-unsaturated/α-hetero) is 1. The third-order valence-electron chi connectivity index (χ3n) is 3.83. The zero-order valence-electron chi connectivity index (χ0n) is 12.2. The summed E-state index contributed by atoms with van der Waals surface area (Å²) in [6.45, 7) is 0.184. The second-order valence-electron chi connectivity index (χ2n) is 5.24. The topological polar surface area (TPSA) is 52.6 Å². The van der Waals surface area contributed by atoms with Gasteiger partial charge >= 0.3 is 5.97 Å². The first-order chi connectivity index (χ1) is 10.7. The molecular formula is C18H16O4. The fourth-order valence-corrected chi connectivity index (χ4v) is 2.63. The molecule has 22 heavy (non-hydrogen) atoms. The number of ketones is 1. The van der Waals surface area contributed by atoms with E-state index in [4.69, 9.17) is 9.47 Å². The van der Waals surface area contributed by atoms with Gasteiger partial charge in [-0.25, -0.2) is 0 Å². The van der Waals surface area contributed by atoms with E-state index in [9.17, 15) is 9.59 Å². The molecule has 0 radical (unpaired) electrons. The third-order valence-corrected chi connectivity index (χ3v) is 3.83. The number of carbonyl (C=O) groups excluding carboxylic acids is 2. The molecule has 0 saturated carbocycles. The van der Waals surface area contributed by atoms with Crippen LogP contribution in [0.4, 0.5) is 0 Å². The van der Waals surface area contributed by atoms with E-state index in [1.165, 1.54) is 0 Å². The number of benzene rings is 2. The van der Waals surface area contributed by atoms with Crippen LogP contribution in [0.1, 0.15) is 21.5 Å². The van der Waals surface area contributed by atoms with Gasteiger partial charge in [-0.1, -0.05) is 30.3 Å². The summed E-state index contributed by atoms with van der Waals surface area (Å²) in [6, 6.07) is 14.7. The minimum absolute atomic E-state index is 0.171. The zero-order chi connectivity index (χ0) is 15.5. The molecule has 4 heteroatoms. The number of fused-ring (bicyclic) bond motifs is 1. The van der Waals surface area contributed by atoms with Crippen molar-refractivity contribution in [3.8, 4) is 5.75 Å². The number of esters is 1. The van der Waals surface area contributed by atoms with E-state index in [2.05, 4.69) is 0 Å². The summed E-state index contributed by atoms with van der Waals surface area (Å²) in [5.41, 5.74) is 2.33. The fourth-order valence-electron chi connectivity index (χ4n) is 2.63. The van der Waals surface area contributed by atoms with Gasteiger partial charge in [-0.3, -0.25) is 9.59 Å². The third kappa shape index (κ3) is 2.72. The quantitative estimate of drug-likeness (QED) is 0.643. The van der Waals surface area contributed by atoms with Crippen LogP contribution in [-0.4, -0.2) is 18.9 Å². The Balaban J connectivity index is 1.68. The molecule has 0 amide bonds. The first kappa shape index (κ1) is 14.3. The van der Waals surface area contributed by atoms with Crippen LogP contribution >= 0.6 is 0 Å². The van der Waals surface area contributed by atoms with Crippen LogP contribution in [-0.2, 0) is 22.6 Å². The molecule has 0 fully saturated rings. The Morgan fingerprint density at radius 1 is 1.18 bits per heavy atom. The zero-order valence-corrected chi connectivity index (χ0v) is 12.2. The lowest BCUT2D eigenvalue weighted by Crippen LogP contribution is -2.23. The van der Waals surface area contributed by atoms with Gasteiger partial charge in [0.2, 0.25) is 0 Å². The number of methoxy groups -OCH3 is 1. The van der Waals surface area contributed by atoms with E-state index < -0.39 is 11.9 Å². The predicted molar refractivity (Wildman–Crippen MR) is 80.8 cm³/mol. The van der Waals surface area contributed by atoms with Gasteiger partial charge < -0.3 is 9.47 Å². The van der Waals surface area contributed by atoms with Crippen LogP contribution in [0.3, 0.4) is 0 Å². The SMILES string of the molecule is COc1ccc2c(c1)CC(C(=O)OCc1ccccc1)C2=O. The first-order valence-electron chi connectivity index (χ1n) is 7.10. The molecule has 2 aromatic carbocycles. The molecule has 1 aliphatic carbocycles. The summed E-state index contributed by atoms with van der Waals surface area (Å²) in [7, 11) is 1.57. The van der Waals surface area contributed by atoms with Gasteiger partial charge in [0.25, 0.3) is 0 Å². The molecular weight excluding hydrogens is 280 g/mol. The average molecular weight is 296 g/mol. The van der Waals surface area contributed by atoms with E-state index in [1.54, 1.807) is 25.3 Å². The van der Waals surface area contributed by atoms with Gasteiger partial charge in [0.15, 0.2) is 5.78 Å². The van der Waals surface area contributed by atoms with Crippen molar-refractivity contribution in [3.05, 3.63) is 65.2 Å². The summed E-state index contributed by atoms with van der Waals surface area (Å²) < 4.78 is 10.4. The van der Waals surface area contributed by atoms with Gasteiger partial charge in [-0.15, -0.1) is 0 Å². The molecule has 2 aromatic rings. The van der Waals surface area contributed by atoms with Crippen LogP contribution in [0.25, 0.3) is 0 Å². The average Bonchev–Trinajstić information content (AvgIpc) is 2.90. The van der Waals surface area contributed by atoms with Crippen LogP contribution < -0.4 is 4.74 Å². The highest BCUT2D eigenvalue weighted by Gasteiger charge is 2.37. The summed E-state index contributed by atoms with van der Waals surface area (Å²) in [5, 5.41) is 0. The normalized spacial score (nSPS) is 16.2. The minimum Gasteiger partial charge on any atom is -0.497 e. The van der Waals surface area contributed by atoms with E-state index >= 15 is 0 Å². The van der Waals surface area contributed by atoms with E-state index in [1.807, 2.05) is 30.3 Å². The summed E-state index contributed by atoms with van der Waals surface area (Å²) >= 11 is 0. The Kier molecular flexibility index (Phi) is 3.92. The second-order valence-corrected chi connectivity index (χ2v) is 5.24. The van der Waals surface area contributed by atoms with Crippen molar-refractivity contribution in [2.45, 2.75) is 13.0 Å². The van der Waals surface area contributed by atoms with Crippen molar-refractivity contribution in [3.63, 3.8) is 0 Å². The molecule has 0 saturated heterocycles. The smallest absolute Gasteiger partial charge is 0.317 e. The molecule has 1 atom stereocenters. The monoisotopic (exact) mass is 296 g/mol. The van der Waals surface area contributed by atoms with Crippen LogP contribution in [0.5, 0.6) is 5.75 Å². The van der Waals surface area contributed by atoms with E-state index in [0.29, 0.717) is 17.7 Å². The fraction of sp³-hybridized carbons (Fsp3) is 0.222. The number of rotatable bonds is 4. The number of hydrogen-bond acceptors (Lipinski definition) is 4. The van der Waals surface area contributed by atoms with Crippen molar-refractivity contribution in [1.29, 1.82) is 0 Å². The van der Waals surface area contributed by atoms with Gasteiger partial charge in [0.05, 0.1) is 7.11 Å². The van der Waals surface area contributed by atoms with Gasteiger partial charge in [-0.05, 0) is 35.7 Å². The van der Waals surface area contributed by atoms with Gasteiger partial charge in [0.1, 0.15) is 18.3 Å². The highest BCUT2D eigenvalue weighted by molar-refractivity contribution is 6.12. The van der Waals surface area contributed by atoms with Crippen molar-refractivity contribution in [2.24, 2.45) is 5.92 Å². The number of ether oxygens (including phenoxy) is 2. The lowest BCUT2D eigenvalue weighted by Gasteiger charge is -2.08. The molecule has 3 rings (SSSR count). The van der Waals surface area contributed by atoms with Crippen molar-refractivity contribution in [2.75, 3.05) is 7.11 Å². The molecule has 0 heterocycles. The standard InChI is InChI=1S/C18H16O4/c1-21-14-7-8-15-13(9-14)10-16(17(15)19)18(20)22-11-12-5-3-2-4-6-12/h2-9,16H,10-11H2,1H3. The maximum atomic E-state index is 12.3. The van der Waals surface area contributed by atoms with Crippen LogP contribution in [0.2, 0.25) is 0 Å². The van der Waals surface area contributed by atoms with Gasteiger partial charge in [0, 0.05) is 5.56 Å². The van der Waals surface area contributed by atoms with E-state index in [0.717, 1.165) is 11.1 Å². The highest BCUT2D eigenvalue weighted by Crippen LogP contribution is 2.30. The first-order valence-corrected chi connectivity index (χ1v) is 7.10. The molecule has 1 unspecified atom stereocenters. The number of hydrogen-bond donors (Lipinski definition) is 0. The maximum Gasteiger partial charge on any atom is 0.317 e. The number of carbonyl (C=O) groups is 2. The van der Waals surface area contributed by atoms with Gasteiger partial charge in [-0.2, -0.15) is 0 Å². The lowest BCUT2D eigenvalue weighted by molar-refractivity contribution is -0.147. The molecule has 0 N–H and O–H groups in total. The molecule has 0 spiro atoms. The summed E-state index contributed by atoms with van der Waals surface area (Å²) in [6.07, 6.45) is 0.374. The van der Waals surface area contributed by atoms with Crippen molar-refractivity contribution in [1.82, 2.24) is 0 Å². The van der Waals surface area contributed by atoms with E-state index in [-0.39, 0.29) is 12.4 Å². The maximum absolute atomic E-state index is 12.3. The Morgan fingerprint density at radius 2 is 1.95 bits per heavy atom. The molecule has 112 valence electrons. The van der Waals surface area contributed by atoms with Crippen molar-refractivity contribution >= 4 is 11.8 Å². The summed E-state index contributed by atoms with van der Waals surface area (Å²) in [5.74, 6) is -0.699. The summed E-state index contributed by atoms with van der Waals surface area (Å²) in [4.78, 5) is 24.5. The van der Waals surface area contributed by atoms with Crippen LogP contribution in [0, 0.1) is 5.92 Å². The molecule has 1 aliphatic rings. The van der Waals surface area contributed by atoms with Crippen molar-refractivity contribution < 1.29 is 19.1 Å². The second kappa shape index (κ2) is 6.02. The highest BCUT2D eigenvalue weighted by atomic mass is 16.5. The largest absolute Gasteiger partial charge is 0.497 e. The Bertz CT molecular complexity index is 706. The lowest BCUT2D eigenvalue weighted by atomic mass is 10.1. The Labute approximate surface area is 128 Å².